The molecule has 3 rings (SSSR count). The van der Waals surface area contributed by atoms with Crippen LogP contribution in [0.3, 0.4) is 0 Å². The van der Waals surface area contributed by atoms with Crippen molar-refractivity contribution in [1.29, 1.82) is 0 Å². The number of anilines is 1. The zero-order chi connectivity index (χ0) is 15.0. The molecule has 2 aromatic rings. The summed E-state index contributed by atoms with van der Waals surface area (Å²) in [7, 11) is 4.14. The number of aromatic nitrogens is 1. The van der Waals surface area contributed by atoms with Crippen molar-refractivity contribution in [2.75, 3.05) is 32.1 Å². The number of benzene rings is 1. The van der Waals surface area contributed by atoms with Crippen molar-refractivity contribution in [3.05, 3.63) is 36.0 Å². The molecule has 0 N–H and O–H groups in total. The average molecular weight is 291 g/mol. The van der Waals surface area contributed by atoms with E-state index < -0.39 is 11.6 Å². The van der Waals surface area contributed by atoms with Gasteiger partial charge in [-0.25, -0.2) is 8.78 Å². The number of fused-ring (bicyclic) bond motifs is 1. The highest BCUT2D eigenvalue weighted by molar-refractivity contribution is 5.92. The van der Waals surface area contributed by atoms with E-state index in [1.807, 2.05) is 6.07 Å². The van der Waals surface area contributed by atoms with Crippen LogP contribution in [0, 0.1) is 11.6 Å². The first-order chi connectivity index (χ1) is 10.1. The molecule has 1 aromatic heterocycles. The smallest absolute Gasteiger partial charge is 0.152 e. The first kappa shape index (κ1) is 14.2. The van der Waals surface area contributed by atoms with Gasteiger partial charge in [-0.3, -0.25) is 4.98 Å². The molecule has 1 aromatic carbocycles. The summed E-state index contributed by atoms with van der Waals surface area (Å²) in [6, 6.07) is 4.57. The van der Waals surface area contributed by atoms with Gasteiger partial charge < -0.3 is 9.80 Å². The van der Waals surface area contributed by atoms with E-state index in [2.05, 4.69) is 28.9 Å². The summed E-state index contributed by atoms with van der Waals surface area (Å²) in [5, 5.41) is 0.550. The Morgan fingerprint density at radius 1 is 1.29 bits per heavy atom. The van der Waals surface area contributed by atoms with Crippen LogP contribution >= 0.6 is 0 Å². The van der Waals surface area contributed by atoms with Crippen molar-refractivity contribution in [1.82, 2.24) is 9.88 Å². The number of halogens is 2. The molecule has 1 aliphatic heterocycles. The number of piperidine rings is 1. The number of hydrogen-bond acceptors (Lipinski definition) is 3. The minimum absolute atomic E-state index is 0.237. The molecule has 0 spiro atoms. The lowest BCUT2D eigenvalue weighted by Gasteiger charge is -2.37. The molecule has 1 atom stereocenters. The van der Waals surface area contributed by atoms with E-state index in [1.165, 1.54) is 6.07 Å². The van der Waals surface area contributed by atoms with E-state index in [4.69, 9.17) is 0 Å². The van der Waals surface area contributed by atoms with Gasteiger partial charge in [0.2, 0.25) is 0 Å². The highest BCUT2D eigenvalue weighted by Crippen LogP contribution is 2.30. The van der Waals surface area contributed by atoms with Crippen molar-refractivity contribution in [2.45, 2.75) is 18.9 Å². The van der Waals surface area contributed by atoms with Crippen molar-refractivity contribution < 1.29 is 8.78 Å². The molecular weight excluding hydrogens is 272 g/mol. The third-order valence-corrected chi connectivity index (χ3v) is 4.21. The minimum atomic E-state index is -0.604. The maximum atomic E-state index is 13.9. The number of rotatable bonds is 2. The summed E-state index contributed by atoms with van der Waals surface area (Å²) in [6.45, 7) is 1.77. The molecule has 0 amide bonds. The van der Waals surface area contributed by atoms with Crippen LogP contribution < -0.4 is 4.90 Å². The highest BCUT2D eigenvalue weighted by Gasteiger charge is 2.23. The standard InChI is InChI=1S/C16H19F2N3/c1-20(2)12-4-3-7-21(10-12)15-5-6-19-16-13(15)8-11(17)9-14(16)18/h5-6,8-9,12H,3-4,7,10H2,1-2H3. The molecule has 1 fully saturated rings. The van der Waals surface area contributed by atoms with E-state index in [-0.39, 0.29) is 5.52 Å². The molecule has 1 saturated heterocycles. The lowest BCUT2D eigenvalue weighted by molar-refractivity contribution is 0.258. The minimum Gasteiger partial charge on any atom is -0.369 e. The Labute approximate surface area is 123 Å². The van der Waals surface area contributed by atoms with Gasteiger partial charge >= 0.3 is 0 Å². The Balaban J connectivity index is 2.04. The topological polar surface area (TPSA) is 19.4 Å². The molecule has 0 aliphatic carbocycles. The molecule has 21 heavy (non-hydrogen) atoms. The number of nitrogens with zero attached hydrogens (tertiary/aromatic N) is 3. The summed E-state index contributed by atoms with van der Waals surface area (Å²) < 4.78 is 27.4. The largest absolute Gasteiger partial charge is 0.369 e. The second kappa shape index (κ2) is 5.56. The summed E-state index contributed by atoms with van der Waals surface area (Å²) >= 11 is 0. The Hall–Kier alpha value is -1.75. The number of pyridine rings is 1. The maximum absolute atomic E-state index is 13.9. The third kappa shape index (κ3) is 2.70. The Bertz CT molecular complexity index is 657. The fourth-order valence-corrected chi connectivity index (χ4v) is 3.04. The summed E-state index contributed by atoms with van der Waals surface area (Å²) in [5.74, 6) is -1.16. The Morgan fingerprint density at radius 3 is 2.86 bits per heavy atom. The molecule has 112 valence electrons. The maximum Gasteiger partial charge on any atom is 0.152 e. The van der Waals surface area contributed by atoms with Crippen LogP contribution in [0.2, 0.25) is 0 Å². The Kier molecular flexibility index (Phi) is 3.76. The summed E-state index contributed by atoms with van der Waals surface area (Å²) in [6.07, 6.45) is 3.82. The second-order valence-electron chi connectivity index (χ2n) is 5.82. The van der Waals surface area contributed by atoms with Crippen molar-refractivity contribution >= 4 is 16.6 Å². The first-order valence-electron chi connectivity index (χ1n) is 7.21. The molecule has 1 aliphatic rings. The fraction of sp³-hybridized carbons (Fsp3) is 0.438. The molecule has 1 unspecified atom stereocenters. The second-order valence-corrected chi connectivity index (χ2v) is 5.82. The third-order valence-electron chi connectivity index (χ3n) is 4.21. The van der Waals surface area contributed by atoms with E-state index in [1.54, 1.807) is 6.20 Å². The van der Waals surface area contributed by atoms with Crippen LogP contribution in [-0.2, 0) is 0 Å². The first-order valence-corrected chi connectivity index (χ1v) is 7.21. The lowest BCUT2D eigenvalue weighted by atomic mass is 10.0. The zero-order valence-electron chi connectivity index (χ0n) is 12.3. The monoisotopic (exact) mass is 291 g/mol. The van der Waals surface area contributed by atoms with Gasteiger partial charge in [-0.1, -0.05) is 0 Å². The average Bonchev–Trinajstić information content (AvgIpc) is 2.46. The predicted molar refractivity (Wildman–Crippen MR) is 80.6 cm³/mol. The highest BCUT2D eigenvalue weighted by atomic mass is 19.1. The van der Waals surface area contributed by atoms with Crippen molar-refractivity contribution in [2.24, 2.45) is 0 Å². The molecule has 2 heterocycles. The van der Waals surface area contributed by atoms with Crippen molar-refractivity contribution in [3.8, 4) is 0 Å². The van der Waals surface area contributed by atoms with Crippen LogP contribution in [0.15, 0.2) is 24.4 Å². The summed E-state index contributed by atoms with van der Waals surface area (Å²) in [5.41, 5.74) is 1.10. The van der Waals surface area contributed by atoms with Gasteiger partial charge in [0.1, 0.15) is 11.3 Å². The molecule has 3 nitrogen and oxygen atoms in total. The molecule has 0 saturated carbocycles. The van der Waals surface area contributed by atoms with E-state index in [9.17, 15) is 8.78 Å². The number of likely N-dealkylation sites (N-methyl/N-ethyl adjacent to an activating group) is 1. The van der Waals surface area contributed by atoms with Gasteiger partial charge in [0.15, 0.2) is 5.82 Å². The summed E-state index contributed by atoms with van der Waals surface area (Å²) in [4.78, 5) is 8.46. The van der Waals surface area contributed by atoms with Gasteiger partial charge in [-0.2, -0.15) is 0 Å². The molecule has 0 radical (unpaired) electrons. The van der Waals surface area contributed by atoms with Crippen molar-refractivity contribution in [3.63, 3.8) is 0 Å². The van der Waals surface area contributed by atoms with Gasteiger partial charge in [-0.05, 0) is 39.1 Å². The van der Waals surface area contributed by atoms with Crippen LogP contribution in [0.5, 0.6) is 0 Å². The van der Waals surface area contributed by atoms with Gasteiger partial charge in [0.05, 0.1) is 0 Å². The zero-order valence-corrected chi connectivity index (χ0v) is 12.3. The fourth-order valence-electron chi connectivity index (χ4n) is 3.04. The van der Waals surface area contributed by atoms with Gasteiger partial charge in [-0.15, -0.1) is 0 Å². The lowest BCUT2D eigenvalue weighted by Crippen LogP contribution is -2.45. The number of hydrogen-bond donors (Lipinski definition) is 0. The van der Waals surface area contributed by atoms with Gasteiger partial charge in [0.25, 0.3) is 0 Å². The quantitative estimate of drug-likeness (QED) is 0.848. The van der Waals surface area contributed by atoms with Crippen LogP contribution in [0.4, 0.5) is 14.5 Å². The molecular formula is C16H19F2N3. The van der Waals surface area contributed by atoms with Gasteiger partial charge in [0, 0.05) is 42.5 Å². The van der Waals surface area contributed by atoms with Crippen LogP contribution in [-0.4, -0.2) is 43.1 Å². The van der Waals surface area contributed by atoms with E-state index in [0.717, 1.165) is 37.7 Å². The van der Waals surface area contributed by atoms with E-state index >= 15 is 0 Å². The Morgan fingerprint density at radius 2 is 2.10 bits per heavy atom. The SMILES string of the molecule is CN(C)C1CCCN(c2ccnc3c(F)cc(F)cc23)C1. The van der Waals surface area contributed by atoms with Crippen LogP contribution in [0.1, 0.15) is 12.8 Å². The van der Waals surface area contributed by atoms with Crippen LogP contribution in [0.25, 0.3) is 10.9 Å². The molecule has 5 heteroatoms. The molecule has 0 bridgehead atoms. The normalized spacial score (nSPS) is 19.5. The predicted octanol–water partition coefficient (Wildman–Crippen LogP) is 3.04. The van der Waals surface area contributed by atoms with E-state index in [0.29, 0.717) is 11.4 Å².